The van der Waals surface area contributed by atoms with Crippen LogP contribution < -0.4 is 9.47 Å². The van der Waals surface area contributed by atoms with E-state index >= 15 is 0 Å². The molecule has 2 rings (SSSR count). The number of ether oxygens (including phenoxy) is 3. The third-order valence-corrected chi connectivity index (χ3v) is 3.16. The Kier molecular flexibility index (Phi) is 6.98. The molecule has 2 aromatic carbocycles. The largest absolute Gasteiger partial charge is 0.493 e. The van der Waals surface area contributed by atoms with Gasteiger partial charge in [0.15, 0.2) is 0 Å². The van der Waals surface area contributed by atoms with Crippen molar-refractivity contribution < 1.29 is 19.0 Å². The van der Waals surface area contributed by atoms with E-state index in [-0.39, 0.29) is 12.4 Å². The van der Waals surface area contributed by atoms with Crippen molar-refractivity contribution in [1.29, 1.82) is 0 Å². The van der Waals surface area contributed by atoms with E-state index in [1.807, 2.05) is 61.5 Å². The Labute approximate surface area is 137 Å². The maximum atomic E-state index is 11.6. The standard InChI is InChI=1S/C19H22O4/c1-16-8-10-18(11-9-16)22-15-12-19(20)23-14-5-13-21-17-6-3-2-4-7-17/h2-4,6-11H,5,12-15H2,1H3. The van der Waals surface area contributed by atoms with E-state index in [0.717, 1.165) is 11.5 Å². The number of hydrogen-bond acceptors (Lipinski definition) is 4. The van der Waals surface area contributed by atoms with Gasteiger partial charge in [0.1, 0.15) is 11.5 Å². The lowest BCUT2D eigenvalue weighted by Crippen LogP contribution is -2.12. The number of aryl methyl sites for hydroxylation is 1. The van der Waals surface area contributed by atoms with Crippen LogP contribution in [0, 0.1) is 6.92 Å². The normalized spacial score (nSPS) is 10.1. The average Bonchev–Trinajstić information content (AvgIpc) is 2.57. The minimum absolute atomic E-state index is 0.243. The van der Waals surface area contributed by atoms with E-state index in [1.165, 1.54) is 5.56 Å². The van der Waals surface area contributed by atoms with Crippen LogP contribution in [0.5, 0.6) is 11.5 Å². The molecule has 0 aliphatic carbocycles. The van der Waals surface area contributed by atoms with Gasteiger partial charge in [-0.15, -0.1) is 0 Å². The van der Waals surface area contributed by atoms with E-state index in [1.54, 1.807) is 0 Å². The van der Waals surface area contributed by atoms with Crippen LogP contribution in [0.1, 0.15) is 18.4 Å². The molecule has 0 heterocycles. The molecule has 0 saturated heterocycles. The van der Waals surface area contributed by atoms with Crippen molar-refractivity contribution >= 4 is 5.97 Å². The van der Waals surface area contributed by atoms with Crippen molar-refractivity contribution in [3.05, 3.63) is 60.2 Å². The first-order valence-electron chi connectivity index (χ1n) is 7.77. The summed E-state index contributed by atoms with van der Waals surface area (Å²) in [5.74, 6) is 1.34. The maximum absolute atomic E-state index is 11.6. The molecule has 0 bridgehead atoms. The highest BCUT2D eigenvalue weighted by molar-refractivity contribution is 5.69. The van der Waals surface area contributed by atoms with Crippen molar-refractivity contribution in [2.24, 2.45) is 0 Å². The van der Waals surface area contributed by atoms with Gasteiger partial charge < -0.3 is 14.2 Å². The number of benzene rings is 2. The van der Waals surface area contributed by atoms with Crippen LogP contribution in [0.2, 0.25) is 0 Å². The fourth-order valence-electron chi connectivity index (χ4n) is 1.91. The third kappa shape index (κ3) is 6.87. The van der Waals surface area contributed by atoms with Gasteiger partial charge in [-0.05, 0) is 31.2 Å². The van der Waals surface area contributed by atoms with Gasteiger partial charge in [0.05, 0.1) is 26.2 Å². The molecule has 0 amide bonds. The van der Waals surface area contributed by atoms with Crippen LogP contribution in [-0.2, 0) is 9.53 Å². The monoisotopic (exact) mass is 314 g/mol. The summed E-state index contributed by atoms with van der Waals surface area (Å²) in [6.45, 7) is 3.22. The average molecular weight is 314 g/mol. The Morgan fingerprint density at radius 3 is 2.22 bits per heavy atom. The molecule has 0 unspecified atom stereocenters. The third-order valence-electron chi connectivity index (χ3n) is 3.16. The maximum Gasteiger partial charge on any atom is 0.309 e. The molecule has 0 fully saturated rings. The van der Waals surface area contributed by atoms with E-state index in [2.05, 4.69) is 0 Å². The summed E-state index contributed by atoms with van der Waals surface area (Å²) < 4.78 is 16.1. The minimum atomic E-state index is -0.253. The summed E-state index contributed by atoms with van der Waals surface area (Å²) in [4.78, 5) is 11.6. The molecule has 4 nitrogen and oxygen atoms in total. The molecule has 4 heteroatoms. The second-order valence-electron chi connectivity index (χ2n) is 5.15. The van der Waals surface area contributed by atoms with E-state index in [9.17, 15) is 4.79 Å². The minimum Gasteiger partial charge on any atom is -0.493 e. The highest BCUT2D eigenvalue weighted by atomic mass is 16.5. The molecule has 0 aliphatic rings. The Morgan fingerprint density at radius 2 is 1.48 bits per heavy atom. The molecule has 0 radical (unpaired) electrons. The number of esters is 1. The number of rotatable bonds is 9. The van der Waals surface area contributed by atoms with Gasteiger partial charge in [-0.2, -0.15) is 0 Å². The molecule has 23 heavy (non-hydrogen) atoms. The van der Waals surface area contributed by atoms with Gasteiger partial charge in [-0.25, -0.2) is 0 Å². The first-order valence-corrected chi connectivity index (χ1v) is 7.77. The van der Waals surface area contributed by atoms with Gasteiger partial charge in [0.25, 0.3) is 0 Å². The summed E-state index contributed by atoms with van der Waals surface area (Å²) in [7, 11) is 0. The van der Waals surface area contributed by atoms with Crippen molar-refractivity contribution in [3.8, 4) is 11.5 Å². The summed E-state index contributed by atoms with van der Waals surface area (Å²) >= 11 is 0. The fraction of sp³-hybridized carbons (Fsp3) is 0.316. The second kappa shape index (κ2) is 9.51. The Bertz CT molecular complexity index is 578. The zero-order valence-corrected chi connectivity index (χ0v) is 13.4. The number of hydrogen-bond donors (Lipinski definition) is 0. The molecule has 0 atom stereocenters. The van der Waals surface area contributed by atoms with Crippen LogP contribution in [0.25, 0.3) is 0 Å². The topological polar surface area (TPSA) is 44.8 Å². The van der Waals surface area contributed by atoms with Crippen LogP contribution in [-0.4, -0.2) is 25.8 Å². The number of para-hydroxylation sites is 1. The van der Waals surface area contributed by atoms with Crippen molar-refractivity contribution in [2.45, 2.75) is 19.8 Å². The summed E-state index contributed by atoms with van der Waals surface area (Å²) in [6, 6.07) is 17.3. The summed E-state index contributed by atoms with van der Waals surface area (Å²) in [6.07, 6.45) is 0.910. The van der Waals surface area contributed by atoms with Crippen LogP contribution >= 0.6 is 0 Å². The van der Waals surface area contributed by atoms with Gasteiger partial charge in [0, 0.05) is 6.42 Å². The second-order valence-corrected chi connectivity index (χ2v) is 5.15. The van der Waals surface area contributed by atoms with Gasteiger partial charge in [-0.1, -0.05) is 35.9 Å². The summed E-state index contributed by atoms with van der Waals surface area (Å²) in [5.41, 5.74) is 1.18. The number of carbonyl (C=O) groups excluding carboxylic acids is 1. The van der Waals surface area contributed by atoms with Crippen molar-refractivity contribution in [3.63, 3.8) is 0 Å². The van der Waals surface area contributed by atoms with E-state index in [0.29, 0.717) is 26.2 Å². The number of carbonyl (C=O) groups is 1. The molecule has 0 saturated carbocycles. The lowest BCUT2D eigenvalue weighted by atomic mass is 10.2. The molecular weight excluding hydrogens is 292 g/mol. The molecule has 2 aromatic rings. The highest BCUT2D eigenvalue weighted by Gasteiger charge is 2.03. The van der Waals surface area contributed by atoms with E-state index in [4.69, 9.17) is 14.2 Å². The Morgan fingerprint density at radius 1 is 0.826 bits per heavy atom. The molecular formula is C19H22O4. The molecule has 0 spiro atoms. The predicted molar refractivity (Wildman–Crippen MR) is 88.8 cm³/mol. The van der Waals surface area contributed by atoms with Gasteiger partial charge in [0.2, 0.25) is 0 Å². The van der Waals surface area contributed by atoms with Crippen LogP contribution in [0.15, 0.2) is 54.6 Å². The molecule has 0 aromatic heterocycles. The lowest BCUT2D eigenvalue weighted by Gasteiger charge is -2.08. The fourth-order valence-corrected chi connectivity index (χ4v) is 1.91. The predicted octanol–water partition coefficient (Wildman–Crippen LogP) is 3.78. The first kappa shape index (κ1) is 16.9. The Hall–Kier alpha value is -2.49. The summed E-state index contributed by atoms with van der Waals surface area (Å²) in [5, 5.41) is 0. The Balaban J connectivity index is 1.51. The van der Waals surface area contributed by atoms with Gasteiger partial charge in [-0.3, -0.25) is 4.79 Å². The van der Waals surface area contributed by atoms with Crippen molar-refractivity contribution in [2.75, 3.05) is 19.8 Å². The zero-order chi connectivity index (χ0) is 16.3. The molecule has 122 valence electrons. The molecule has 0 aliphatic heterocycles. The zero-order valence-electron chi connectivity index (χ0n) is 13.4. The lowest BCUT2D eigenvalue weighted by molar-refractivity contribution is -0.144. The van der Waals surface area contributed by atoms with Crippen molar-refractivity contribution in [1.82, 2.24) is 0 Å². The van der Waals surface area contributed by atoms with E-state index < -0.39 is 0 Å². The SMILES string of the molecule is Cc1ccc(OCCC(=O)OCCCOc2ccccc2)cc1. The molecule has 0 N–H and O–H groups in total. The van der Waals surface area contributed by atoms with Crippen LogP contribution in [0.3, 0.4) is 0 Å². The quantitative estimate of drug-likeness (QED) is 0.522. The smallest absolute Gasteiger partial charge is 0.309 e. The highest BCUT2D eigenvalue weighted by Crippen LogP contribution is 2.11. The van der Waals surface area contributed by atoms with Crippen LogP contribution in [0.4, 0.5) is 0 Å². The first-order chi connectivity index (χ1) is 11.2. The van der Waals surface area contributed by atoms with Gasteiger partial charge >= 0.3 is 5.97 Å².